The molecule has 0 atom stereocenters. The molecule has 3 heterocycles. The van der Waals surface area contributed by atoms with E-state index in [1.807, 2.05) is 39.8 Å². The van der Waals surface area contributed by atoms with Gasteiger partial charge in [-0.25, -0.2) is 22.4 Å². The third-order valence-corrected chi connectivity index (χ3v) is 8.36. The van der Waals surface area contributed by atoms with E-state index in [9.17, 15) is 13.2 Å². The predicted molar refractivity (Wildman–Crippen MR) is 136 cm³/mol. The van der Waals surface area contributed by atoms with Gasteiger partial charge in [0.15, 0.2) is 5.65 Å². The van der Waals surface area contributed by atoms with Crippen molar-refractivity contribution in [2.24, 2.45) is 0 Å². The van der Waals surface area contributed by atoms with E-state index in [1.54, 1.807) is 34.3 Å². The van der Waals surface area contributed by atoms with Gasteiger partial charge in [-0.05, 0) is 63.6 Å². The molecule has 4 rings (SSSR count). The van der Waals surface area contributed by atoms with E-state index in [4.69, 9.17) is 4.98 Å². The number of rotatable bonds is 6. The zero-order valence-corrected chi connectivity index (χ0v) is 21.6. The smallest absolute Gasteiger partial charge is 0.256 e. The molecule has 4 aromatic rings. The number of pyridine rings is 1. The molecule has 178 valence electrons. The second-order valence-electron chi connectivity index (χ2n) is 8.60. The van der Waals surface area contributed by atoms with E-state index >= 15 is 0 Å². The Hall–Kier alpha value is -3.08. The van der Waals surface area contributed by atoms with Crippen LogP contribution in [0.1, 0.15) is 40.7 Å². The molecule has 0 radical (unpaired) electrons. The second kappa shape index (κ2) is 8.94. The van der Waals surface area contributed by atoms with Gasteiger partial charge in [0.05, 0.1) is 32.6 Å². The molecule has 0 unspecified atom stereocenters. The summed E-state index contributed by atoms with van der Waals surface area (Å²) in [7, 11) is -0.691. The van der Waals surface area contributed by atoms with Gasteiger partial charge in [-0.1, -0.05) is 6.07 Å². The van der Waals surface area contributed by atoms with E-state index in [0.29, 0.717) is 28.0 Å². The highest BCUT2D eigenvalue weighted by Gasteiger charge is 2.22. The molecule has 1 aromatic carbocycles. The predicted octanol–water partition coefficient (Wildman–Crippen LogP) is 4.86. The number of hydrogen-bond donors (Lipinski definition) is 1. The van der Waals surface area contributed by atoms with Gasteiger partial charge in [0, 0.05) is 30.7 Å². The molecule has 0 aliphatic rings. The third-order valence-electron chi connectivity index (χ3n) is 5.53. The summed E-state index contributed by atoms with van der Waals surface area (Å²) in [5, 5.41) is 8.01. The van der Waals surface area contributed by atoms with Gasteiger partial charge in [-0.3, -0.25) is 4.79 Å². The van der Waals surface area contributed by atoms with Crippen molar-refractivity contribution in [2.75, 3.05) is 19.4 Å². The zero-order chi connectivity index (χ0) is 24.8. The maximum atomic E-state index is 13.5. The van der Waals surface area contributed by atoms with Gasteiger partial charge in [-0.2, -0.15) is 5.10 Å². The average Bonchev–Trinajstić information content (AvgIpc) is 3.40. The molecule has 0 spiro atoms. The maximum Gasteiger partial charge on any atom is 0.256 e. The number of aromatic nitrogens is 3. The molecule has 1 amide bonds. The highest BCUT2D eigenvalue weighted by molar-refractivity contribution is 7.89. The first-order valence-corrected chi connectivity index (χ1v) is 13.0. The first kappa shape index (κ1) is 24.1. The fourth-order valence-corrected chi connectivity index (χ4v) is 5.34. The number of hydrogen-bond acceptors (Lipinski definition) is 6. The fourth-order valence-electron chi connectivity index (χ4n) is 3.58. The number of sulfonamides is 1. The first-order valence-electron chi connectivity index (χ1n) is 10.8. The zero-order valence-electron chi connectivity index (χ0n) is 19.9. The number of fused-ring (bicyclic) bond motifs is 1. The van der Waals surface area contributed by atoms with Crippen LogP contribution in [0.15, 0.2) is 47.5 Å². The van der Waals surface area contributed by atoms with Crippen LogP contribution in [0.2, 0.25) is 0 Å². The Balaban J connectivity index is 1.82. The molecular formula is C24H27N5O3S2. The molecule has 3 aromatic heterocycles. The summed E-state index contributed by atoms with van der Waals surface area (Å²) < 4.78 is 28.1. The molecule has 0 saturated heterocycles. The maximum absolute atomic E-state index is 13.5. The van der Waals surface area contributed by atoms with E-state index in [-0.39, 0.29) is 16.8 Å². The number of amides is 1. The lowest BCUT2D eigenvalue weighted by atomic mass is 10.1. The standard InChI is InChI=1S/C24H27N5O3S2/c1-14(2)29-23-19(13-25-29)18(12-21(26-23)22-10-8-16(4)33-22)24(30)27-20-11-17(9-7-15(20)3)34(31,32)28(5)6/h7-14H,1-6H3,(H,27,30). The van der Waals surface area contributed by atoms with Gasteiger partial charge in [0.1, 0.15) is 0 Å². The summed E-state index contributed by atoms with van der Waals surface area (Å²) in [6, 6.07) is 10.6. The number of nitrogens with zero attached hydrogens (tertiary/aromatic N) is 4. The summed E-state index contributed by atoms with van der Waals surface area (Å²) in [4.78, 5) is 20.5. The van der Waals surface area contributed by atoms with Crippen molar-refractivity contribution in [1.29, 1.82) is 0 Å². The van der Waals surface area contributed by atoms with E-state index in [1.165, 1.54) is 26.2 Å². The topological polar surface area (TPSA) is 97.2 Å². The Morgan fingerprint density at radius 2 is 1.85 bits per heavy atom. The van der Waals surface area contributed by atoms with E-state index in [0.717, 1.165) is 19.6 Å². The van der Waals surface area contributed by atoms with Crippen LogP contribution >= 0.6 is 11.3 Å². The molecule has 0 fully saturated rings. The minimum absolute atomic E-state index is 0.0661. The summed E-state index contributed by atoms with van der Waals surface area (Å²) >= 11 is 1.61. The van der Waals surface area contributed by atoms with E-state index < -0.39 is 10.0 Å². The van der Waals surface area contributed by atoms with Crippen LogP contribution in [0.5, 0.6) is 0 Å². The Morgan fingerprint density at radius 3 is 2.47 bits per heavy atom. The Morgan fingerprint density at radius 1 is 1.12 bits per heavy atom. The number of anilines is 1. The molecule has 10 heteroatoms. The number of nitrogens with one attached hydrogen (secondary N) is 1. The van der Waals surface area contributed by atoms with Crippen molar-refractivity contribution >= 4 is 44.0 Å². The number of thiophene rings is 1. The van der Waals surface area contributed by atoms with Crippen LogP contribution < -0.4 is 5.32 Å². The monoisotopic (exact) mass is 497 g/mol. The van der Waals surface area contributed by atoms with Crippen LogP contribution in [0.25, 0.3) is 21.6 Å². The van der Waals surface area contributed by atoms with Crippen LogP contribution in [-0.4, -0.2) is 47.5 Å². The lowest BCUT2D eigenvalue weighted by molar-refractivity contribution is 0.102. The van der Waals surface area contributed by atoms with Crippen LogP contribution in [0.3, 0.4) is 0 Å². The number of benzene rings is 1. The summed E-state index contributed by atoms with van der Waals surface area (Å²) in [5.41, 5.74) is 2.94. The molecule has 0 aliphatic heterocycles. The number of carbonyl (C=O) groups excluding carboxylic acids is 1. The largest absolute Gasteiger partial charge is 0.322 e. The second-order valence-corrected chi connectivity index (χ2v) is 12.0. The highest BCUT2D eigenvalue weighted by Crippen LogP contribution is 2.31. The summed E-state index contributed by atoms with van der Waals surface area (Å²) in [5.74, 6) is -0.354. The SMILES string of the molecule is Cc1ccc(-c2cc(C(=O)Nc3cc(S(=O)(=O)N(C)C)ccc3C)c3cnn(C(C)C)c3n2)s1. The van der Waals surface area contributed by atoms with Crippen molar-refractivity contribution in [3.05, 3.63) is 58.6 Å². The molecule has 1 N–H and O–H groups in total. The van der Waals surface area contributed by atoms with Gasteiger partial charge in [0.2, 0.25) is 10.0 Å². The van der Waals surface area contributed by atoms with E-state index in [2.05, 4.69) is 10.4 Å². The van der Waals surface area contributed by atoms with Crippen molar-refractivity contribution < 1.29 is 13.2 Å². The van der Waals surface area contributed by atoms with Crippen LogP contribution in [-0.2, 0) is 10.0 Å². The van der Waals surface area contributed by atoms with Gasteiger partial charge in [-0.15, -0.1) is 11.3 Å². The molecule has 0 aliphatic carbocycles. The normalized spacial score (nSPS) is 12.1. The van der Waals surface area contributed by atoms with Gasteiger partial charge >= 0.3 is 0 Å². The number of aryl methyl sites for hydroxylation is 2. The Labute approximate surface area is 203 Å². The summed E-state index contributed by atoms with van der Waals surface area (Å²) in [6.45, 7) is 7.86. The van der Waals surface area contributed by atoms with Crippen molar-refractivity contribution in [3.63, 3.8) is 0 Å². The molecular weight excluding hydrogens is 470 g/mol. The highest BCUT2D eigenvalue weighted by atomic mass is 32.2. The first-order chi connectivity index (χ1) is 16.0. The van der Waals surface area contributed by atoms with Crippen LogP contribution in [0, 0.1) is 13.8 Å². The van der Waals surface area contributed by atoms with Crippen LogP contribution in [0.4, 0.5) is 5.69 Å². The van der Waals surface area contributed by atoms with Gasteiger partial charge in [0.25, 0.3) is 5.91 Å². The molecule has 0 saturated carbocycles. The molecule has 8 nitrogen and oxygen atoms in total. The lowest BCUT2D eigenvalue weighted by Gasteiger charge is -2.15. The molecule has 0 bridgehead atoms. The van der Waals surface area contributed by atoms with Gasteiger partial charge < -0.3 is 5.32 Å². The average molecular weight is 498 g/mol. The van der Waals surface area contributed by atoms with Crippen molar-refractivity contribution in [1.82, 2.24) is 19.1 Å². The molecule has 34 heavy (non-hydrogen) atoms. The lowest BCUT2D eigenvalue weighted by Crippen LogP contribution is -2.22. The van der Waals surface area contributed by atoms with Crippen molar-refractivity contribution in [3.8, 4) is 10.6 Å². The minimum atomic E-state index is -3.64. The van der Waals surface area contributed by atoms with Crippen molar-refractivity contribution in [2.45, 2.75) is 38.6 Å². The minimum Gasteiger partial charge on any atom is -0.322 e. The quantitative estimate of drug-likeness (QED) is 0.410. The fraction of sp³-hybridized carbons (Fsp3) is 0.292. The Kier molecular flexibility index (Phi) is 6.32. The number of carbonyl (C=O) groups is 1. The third kappa shape index (κ3) is 4.36. The summed E-state index contributed by atoms with van der Waals surface area (Å²) in [6.07, 6.45) is 1.65. The Bertz CT molecular complexity index is 1500.